The third kappa shape index (κ3) is 2.13. The van der Waals surface area contributed by atoms with Gasteiger partial charge in [-0.25, -0.2) is 4.98 Å². The lowest BCUT2D eigenvalue weighted by Gasteiger charge is -2.16. The Kier molecular flexibility index (Phi) is 2.95. The van der Waals surface area contributed by atoms with Crippen LogP contribution in [0.25, 0.3) is 0 Å². The number of hydrogen-bond acceptors (Lipinski definition) is 2. The number of imidazole rings is 1. The van der Waals surface area contributed by atoms with Gasteiger partial charge in [0, 0.05) is 38.2 Å². The van der Waals surface area contributed by atoms with Crippen LogP contribution in [0, 0.1) is 11.8 Å². The number of fused-ring (bicyclic) bond motifs is 1. The summed E-state index contributed by atoms with van der Waals surface area (Å²) in [6.07, 6.45) is 4.90. The number of aryl methyl sites for hydroxylation is 1. The second-order valence-electron chi connectivity index (χ2n) is 5.68. The van der Waals surface area contributed by atoms with Gasteiger partial charge in [-0.05, 0) is 24.7 Å². The summed E-state index contributed by atoms with van der Waals surface area (Å²) >= 11 is 0. The van der Waals surface area contributed by atoms with Gasteiger partial charge in [0.1, 0.15) is 5.82 Å². The Morgan fingerprint density at radius 2 is 2.29 bits per heavy atom. The number of nitrogens with zero attached hydrogens (tertiary/aromatic N) is 2. The average molecular weight is 233 g/mol. The molecular formula is C14H23N3. The molecule has 1 fully saturated rings. The van der Waals surface area contributed by atoms with Crippen molar-refractivity contribution < 1.29 is 0 Å². The molecule has 1 aliphatic carbocycles. The first kappa shape index (κ1) is 11.3. The summed E-state index contributed by atoms with van der Waals surface area (Å²) in [7, 11) is 0. The molecule has 17 heavy (non-hydrogen) atoms. The summed E-state index contributed by atoms with van der Waals surface area (Å²) < 4.78 is 2.55. The van der Waals surface area contributed by atoms with Crippen LogP contribution in [0.1, 0.15) is 43.9 Å². The molecule has 1 saturated carbocycles. The standard InChI is InChI=1S/C14H23N3/c1-3-4-14-16-12-8-15-6-5-13(12)17(14)9-11-7-10(11)2/h10-11,15H,3-9H2,1-2H3. The lowest BCUT2D eigenvalue weighted by molar-refractivity contribution is 0.530. The van der Waals surface area contributed by atoms with Crippen LogP contribution in [0.15, 0.2) is 0 Å². The molecule has 0 spiro atoms. The van der Waals surface area contributed by atoms with Gasteiger partial charge in [-0.2, -0.15) is 0 Å². The fourth-order valence-corrected chi connectivity index (χ4v) is 2.94. The maximum atomic E-state index is 4.85. The highest BCUT2D eigenvalue weighted by Gasteiger charge is 2.34. The van der Waals surface area contributed by atoms with E-state index in [4.69, 9.17) is 4.98 Å². The van der Waals surface area contributed by atoms with Crippen LogP contribution in [-0.4, -0.2) is 16.1 Å². The molecule has 0 radical (unpaired) electrons. The van der Waals surface area contributed by atoms with E-state index in [1.807, 2.05) is 0 Å². The van der Waals surface area contributed by atoms with Gasteiger partial charge >= 0.3 is 0 Å². The number of rotatable bonds is 4. The quantitative estimate of drug-likeness (QED) is 0.863. The third-order valence-electron chi connectivity index (χ3n) is 4.23. The first-order valence-electron chi connectivity index (χ1n) is 7.07. The van der Waals surface area contributed by atoms with Crippen molar-refractivity contribution in [2.24, 2.45) is 11.8 Å². The van der Waals surface area contributed by atoms with E-state index in [2.05, 4.69) is 23.7 Å². The summed E-state index contributed by atoms with van der Waals surface area (Å²) in [5.74, 6) is 3.18. The van der Waals surface area contributed by atoms with Crippen LogP contribution in [0.3, 0.4) is 0 Å². The Hall–Kier alpha value is -0.830. The second-order valence-corrected chi connectivity index (χ2v) is 5.68. The van der Waals surface area contributed by atoms with Gasteiger partial charge in [0.15, 0.2) is 0 Å². The van der Waals surface area contributed by atoms with Crippen molar-refractivity contribution in [2.45, 2.75) is 52.6 Å². The fourth-order valence-electron chi connectivity index (χ4n) is 2.94. The molecule has 0 saturated heterocycles. The first-order valence-corrected chi connectivity index (χ1v) is 7.07. The predicted molar refractivity (Wildman–Crippen MR) is 68.9 cm³/mol. The number of aromatic nitrogens is 2. The van der Waals surface area contributed by atoms with Gasteiger partial charge < -0.3 is 9.88 Å². The molecule has 1 aliphatic heterocycles. The van der Waals surface area contributed by atoms with Crippen molar-refractivity contribution in [1.82, 2.24) is 14.9 Å². The minimum Gasteiger partial charge on any atom is -0.331 e. The average Bonchev–Trinajstić information content (AvgIpc) is 2.91. The van der Waals surface area contributed by atoms with E-state index < -0.39 is 0 Å². The summed E-state index contributed by atoms with van der Waals surface area (Å²) in [5.41, 5.74) is 2.83. The van der Waals surface area contributed by atoms with Crippen molar-refractivity contribution in [3.63, 3.8) is 0 Å². The van der Waals surface area contributed by atoms with Crippen LogP contribution < -0.4 is 5.32 Å². The largest absolute Gasteiger partial charge is 0.331 e. The molecule has 1 N–H and O–H groups in total. The Labute approximate surface area is 104 Å². The minimum absolute atomic E-state index is 0.916. The van der Waals surface area contributed by atoms with Gasteiger partial charge in [-0.1, -0.05) is 13.8 Å². The molecule has 2 heterocycles. The molecule has 2 atom stereocenters. The lowest BCUT2D eigenvalue weighted by Crippen LogP contribution is -2.25. The second kappa shape index (κ2) is 4.45. The zero-order valence-electron chi connectivity index (χ0n) is 11.0. The summed E-state index contributed by atoms with van der Waals surface area (Å²) in [6.45, 7) is 7.92. The van der Waals surface area contributed by atoms with Crippen LogP contribution in [0.2, 0.25) is 0 Å². The highest BCUT2D eigenvalue weighted by atomic mass is 15.1. The van der Waals surface area contributed by atoms with Gasteiger partial charge in [0.25, 0.3) is 0 Å². The molecule has 2 aliphatic rings. The van der Waals surface area contributed by atoms with Gasteiger partial charge in [-0.3, -0.25) is 0 Å². The topological polar surface area (TPSA) is 29.9 Å². The third-order valence-corrected chi connectivity index (χ3v) is 4.23. The highest BCUT2D eigenvalue weighted by Crippen LogP contribution is 2.39. The predicted octanol–water partition coefficient (Wildman–Crippen LogP) is 2.14. The van der Waals surface area contributed by atoms with Crippen molar-refractivity contribution in [3.05, 3.63) is 17.2 Å². The summed E-state index contributed by atoms with van der Waals surface area (Å²) in [5, 5.41) is 3.43. The van der Waals surface area contributed by atoms with E-state index in [1.54, 1.807) is 0 Å². The van der Waals surface area contributed by atoms with Crippen molar-refractivity contribution in [2.75, 3.05) is 6.54 Å². The fraction of sp³-hybridized carbons (Fsp3) is 0.786. The Bertz CT molecular complexity index is 408. The van der Waals surface area contributed by atoms with Crippen molar-refractivity contribution >= 4 is 0 Å². The van der Waals surface area contributed by atoms with Gasteiger partial charge in [-0.15, -0.1) is 0 Å². The highest BCUT2D eigenvalue weighted by molar-refractivity contribution is 5.21. The lowest BCUT2D eigenvalue weighted by atomic mass is 10.2. The van der Waals surface area contributed by atoms with Crippen LogP contribution in [0.4, 0.5) is 0 Å². The van der Waals surface area contributed by atoms with E-state index in [1.165, 1.54) is 36.6 Å². The molecule has 0 bridgehead atoms. The molecule has 3 heteroatoms. The Morgan fingerprint density at radius 3 is 3.00 bits per heavy atom. The molecule has 0 amide bonds. The van der Waals surface area contributed by atoms with Gasteiger partial charge in [0.2, 0.25) is 0 Å². The van der Waals surface area contributed by atoms with E-state index in [9.17, 15) is 0 Å². The monoisotopic (exact) mass is 233 g/mol. The molecule has 0 aromatic carbocycles. The summed E-state index contributed by atoms with van der Waals surface area (Å²) in [6, 6.07) is 0. The molecule has 2 unspecified atom stereocenters. The van der Waals surface area contributed by atoms with E-state index in [0.717, 1.165) is 37.8 Å². The maximum Gasteiger partial charge on any atom is 0.109 e. The van der Waals surface area contributed by atoms with Crippen LogP contribution in [0.5, 0.6) is 0 Å². The molecular weight excluding hydrogens is 210 g/mol. The first-order chi connectivity index (χ1) is 8.29. The molecule has 1 aromatic heterocycles. The maximum absolute atomic E-state index is 4.85. The normalized spacial score (nSPS) is 26.9. The number of hydrogen-bond donors (Lipinski definition) is 1. The smallest absolute Gasteiger partial charge is 0.109 e. The Balaban J connectivity index is 1.88. The Morgan fingerprint density at radius 1 is 1.47 bits per heavy atom. The zero-order valence-corrected chi connectivity index (χ0v) is 11.0. The molecule has 3 nitrogen and oxygen atoms in total. The number of nitrogens with one attached hydrogen (secondary N) is 1. The van der Waals surface area contributed by atoms with E-state index in [-0.39, 0.29) is 0 Å². The van der Waals surface area contributed by atoms with Crippen LogP contribution in [-0.2, 0) is 25.9 Å². The molecule has 94 valence electrons. The van der Waals surface area contributed by atoms with Crippen molar-refractivity contribution in [3.8, 4) is 0 Å². The van der Waals surface area contributed by atoms with E-state index >= 15 is 0 Å². The van der Waals surface area contributed by atoms with E-state index in [0.29, 0.717) is 0 Å². The molecule has 1 aromatic rings. The summed E-state index contributed by atoms with van der Waals surface area (Å²) in [4.78, 5) is 4.85. The van der Waals surface area contributed by atoms with Gasteiger partial charge in [0.05, 0.1) is 5.69 Å². The van der Waals surface area contributed by atoms with Crippen LogP contribution >= 0.6 is 0 Å². The van der Waals surface area contributed by atoms with Crippen molar-refractivity contribution in [1.29, 1.82) is 0 Å². The minimum atomic E-state index is 0.916. The zero-order chi connectivity index (χ0) is 11.8. The SMILES string of the molecule is CCCc1nc2c(n1CC1CC1C)CCNC2. The molecule has 3 rings (SSSR count).